The quantitative estimate of drug-likeness (QED) is 0.587. The largest absolute Gasteiger partial charge is 0.379 e. The molecule has 0 amide bonds. The molecule has 5 fully saturated rings. The van der Waals surface area contributed by atoms with Crippen LogP contribution in [-0.2, 0) is 18.9 Å². The Hall–Kier alpha value is -0.200. The van der Waals surface area contributed by atoms with E-state index in [4.69, 9.17) is 18.9 Å². The minimum Gasteiger partial charge on any atom is -0.379 e. The van der Waals surface area contributed by atoms with Crippen LogP contribution in [0.3, 0.4) is 0 Å². The van der Waals surface area contributed by atoms with E-state index in [1.807, 2.05) is 28.4 Å². The zero-order chi connectivity index (χ0) is 23.1. The minimum atomic E-state index is 0.249. The van der Waals surface area contributed by atoms with Crippen LogP contribution in [-0.4, -0.2) is 76.4 Å². The Kier molecular flexibility index (Phi) is 7.74. The fraction of sp³-hybridized carbons (Fsp3) is 1.00. The van der Waals surface area contributed by atoms with E-state index in [-0.39, 0.29) is 24.4 Å². The highest BCUT2D eigenvalue weighted by atomic mass is 16.5. The summed E-state index contributed by atoms with van der Waals surface area (Å²) in [6, 6.07) is 1.44. The normalized spacial score (nSPS) is 50.8. The molecule has 0 N–H and O–H groups in total. The van der Waals surface area contributed by atoms with Crippen molar-refractivity contribution in [2.75, 3.05) is 35.0 Å². The third-order valence-electron chi connectivity index (χ3n) is 10.9. The highest BCUT2D eigenvalue weighted by molar-refractivity contribution is 5.08. The molecule has 0 aromatic carbocycles. The van der Waals surface area contributed by atoms with Gasteiger partial charge in [0.2, 0.25) is 0 Å². The summed E-state index contributed by atoms with van der Waals surface area (Å²) in [7, 11) is 7.54. The third-order valence-corrected chi connectivity index (χ3v) is 10.9. The Balaban J connectivity index is 1.43. The molecule has 9 unspecified atom stereocenters. The van der Waals surface area contributed by atoms with Crippen molar-refractivity contribution in [1.29, 1.82) is 0 Å². The van der Waals surface area contributed by atoms with Gasteiger partial charge in [-0.05, 0) is 93.4 Å². The number of hydrogen-bond acceptors (Lipinski definition) is 5. The molecule has 33 heavy (non-hydrogen) atoms. The average molecular weight is 464 g/mol. The van der Waals surface area contributed by atoms with Gasteiger partial charge in [-0.2, -0.15) is 0 Å². The number of ether oxygens (including phenoxy) is 4. The first-order chi connectivity index (χ1) is 16.1. The lowest BCUT2D eigenvalue weighted by Gasteiger charge is -2.62. The summed E-state index contributed by atoms with van der Waals surface area (Å²) < 4.78 is 23.8. The molecule has 2 heterocycles. The fourth-order valence-corrected chi connectivity index (χ4v) is 9.17. The summed E-state index contributed by atoms with van der Waals surface area (Å²) in [6.07, 6.45) is 14.1. The Morgan fingerprint density at radius 1 is 0.545 bits per heavy atom. The van der Waals surface area contributed by atoms with Gasteiger partial charge in [-0.3, -0.25) is 4.90 Å². The SMILES string of the molecule is COC1CC2CCN3C(CC4CC(OC)C(OC)CC4[C@H]3C3CCC(C)CC3)C2CC1OC. The fourth-order valence-electron chi connectivity index (χ4n) is 9.17. The van der Waals surface area contributed by atoms with Crippen molar-refractivity contribution in [1.82, 2.24) is 4.90 Å². The Labute approximate surface area is 202 Å². The molecule has 2 aliphatic heterocycles. The van der Waals surface area contributed by atoms with Gasteiger partial charge in [0.05, 0.1) is 24.4 Å². The van der Waals surface area contributed by atoms with Crippen LogP contribution >= 0.6 is 0 Å². The lowest BCUT2D eigenvalue weighted by molar-refractivity contribution is -0.171. The molecule has 3 aliphatic carbocycles. The van der Waals surface area contributed by atoms with Gasteiger partial charge in [-0.25, -0.2) is 0 Å². The van der Waals surface area contributed by atoms with Crippen molar-refractivity contribution in [3.05, 3.63) is 0 Å². The molecule has 2 saturated heterocycles. The van der Waals surface area contributed by atoms with E-state index in [1.54, 1.807) is 0 Å². The monoisotopic (exact) mass is 463 g/mol. The van der Waals surface area contributed by atoms with Gasteiger partial charge in [0.25, 0.3) is 0 Å². The van der Waals surface area contributed by atoms with Crippen LogP contribution in [0.1, 0.15) is 71.1 Å². The second-order valence-corrected chi connectivity index (χ2v) is 12.2. The first kappa shape index (κ1) is 24.5. The van der Waals surface area contributed by atoms with E-state index in [2.05, 4.69) is 11.8 Å². The third kappa shape index (κ3) is 4.55. The van der Waals surface area contributed by atoms with Gasteiger partial charge in [-0.1, -0.05) is 19.8 Å². The van der Waals surface area contributed by atoms with Crippen molar-refractivity contribution in [2.24, 2.45) is 35.5 Å². The Bertz CT molecular complexity index is 637. The summed E-state index contributed by atoms with van der Waals surface area (Å²) in [6.45, 7) is 3.74. The van der Waals surface area contributed by atoms with E-state index >= 15 is 0 Å². The standard InChI is InChI=1S/C28H49NO4/c1-17-6-8-18(9-7-17)28-22-16-27(33-5)25(31-3)14-20(22)12-23-21-15-26(32-4)24(30-2)13-19(21)10-11-29(23)28/h17-28H,6-16H2,1-5H3/t17?,18?,19?,20?,21?,22?,23?,24?,25?,26?,27?,28-/m1/s1. The van der Waals surface area contributed by atoms with Crippen LogP contribution in [0.4, 0.5) is 0 Å². The summed E-state index contributed by atoms with van der Waals surface area (Å²) >= 11 is 0. The van der Waals surface area contributed by atoms with Crippen LogP contribution in [0.15, 0.2) is 0 Å². The first-order valence-corrected chi connectivity index (χ1v) is 13.9. The maximum atomic E-state index is 6.00. The molecule has 0 radical (unpaired) electrons. The van der Waals surface area contributed by atoms with E-state index in [0.717, 1.165) is 41.5 Å². The van der Waals surface area contributed by atoms with E-state index in [1.165, 1.54) is 70.8 Å². The summed E-state index contributed by atoms with van der Waals surface area (Å²) in [5, 5.41) is 0. The smallest absolute Gasteiger partial charge is 0.0836 e. The maximum Gasteiger partial charge on any atom is 0.0836 e. The first-order valence-electron chi connectivity index (χ1n) is 13.9. The van der Waals surface area contributed by atoms with Gasteiger partial charge in [-0.15, -0.1) is 0 Å². The highest BCUT2D eigenvalue weighted by Crippen LogP contribution is 2.54. The summed E-state index contributed by atoms with van der Waals surface area (Å²) in [4.78, 5) is 3.04. The number of piperidine rings is 2. The lowest BCUT2D eigenvalue weighted by atomic mass is 9.58. The second-order valence-electron chi connectivity index (χ2n) is 12.2. The molecule has 5 aliphatic rings. The molecule has 5 heteroatoms. The van der Waals surface area contributed by atoms with Gasteiger partial charge in [0.15, 0.2) is 0 Å². The van der Waals surface area contributed by atoms with E-state index in [0.29, 0.717) is 6.04 Å². The van der Waals surface area contributed by atoms with Crippen LogP contribution in [0.25, 0.3) is 0 Å². The molecule has 0 bridgehead atoms. The van der Waals surface area contributed by atoms with Crippen molar-refractivity contribution in [3.63, 3.8) is 0 Å². The average Bonchev–Trinajstić information content (AvgIpc) is 2.86. The number of hydrogen-bond donors (Lipinski definition) is 0. The summed E-state index contributed by atoms with van der Waals surface area (Å²) in [5.74, 6) is 4.85. The van der Waals surface area contributed by atoms with E-state index < -0.39 is 0 Å². The van der Waals surface area contributed by atoms with Crippen molar-refractivity contribution in [3.8, 4) is 0 Å². The van der Waals surface area contributed by atoms with Crippen LogP contribution in [0, 0.1) is 35.5 Å². The van der Waals surface area contributed by atoms with Crippen molar-refractivity contribution >= 4 is 0 Å². The van der Waals surface area contributed by atoms with Crippen LogP contribution < -0.4 is 0 Å². The van der Waals surface area contributed by atoms with Gasteiger partial charge in [0, 0.05) is 40.5 Å². The molecule has 190 valence electrons. The predicted molar refractivity (Wildman–Crippen MR) is 130 cm³/mol. The number of rotatable bonds is 5. The Morgan fingerprint density at radius 2 is 1.09 bits per heavy atom. The predicted octanol–water partition coefficient (Wildman–Crippen LogP) is 4.77. The number of nitrogens with zero attached hydrogens (tertiary/aromatic N) is 1. The molecule has 0 aromatic rings. The van der Waals surface area contributed by atoms with Gasteiger partial charge >= 0.3 is 0 Å². The summed E-state index contributed by atoms with van der Waals surface area (Å²) in [5.41, 5.74) is 0. The topological polar surface area (TPSA) is 40.2 Å². The molecular formula is C28H49NO4. The van der Waals surface area contributed by atoms with Gasteiger partial charge in [0.1, 0.15) is 0 Å². The molecule has 10 atom stereocenters. The molecule has 5 nitrogen and oxygen atoms in total. The van der Waals surface area contributed by atoms with E-state index in [9.17, 15) is 0 Å². The highest BCUT2D eigenvalue weighted by Gasteiger charge is 2.55. The zero-order valence-corrected chi connectivity index (χ0v) is 21.8. The molecule has 0 spiro atoms. The number of methoxy groups -OCH3 is 4. The molecule has 0 aromatic heterocycles. The van der Waals surface area contributed by atoms with Crippen molar-refractivity contribution in [2.45, 2.75) is 108 Å². The van der Waals surface area contributed by atoms with Gasteiger partial charge < -0.3 is 18.9 Å². The zero-order valence-electron chi connectivity index (χ0n) is 21.8. The van der Waals surface area contributed by atoms with Crippen LogP contribution in [0.5, 0.6) is 0 Å². The maximum absolute atomic E-state index is 6.00. The molecule has 3 saturated carbocycles. The molecular weight excluding hydrogens is 414 g/mol. The lowest BCUT2D eigenvalue weighted by Crippen LogP contribution is -2.66. The minimum absolute atomic E-state index is 0.249. The van der Waals surface area contributed by atoms with Crippen molar-refractivity contribution < 1.29 is 18.9 Å². The Morgan fingerprint density at radius 3 is 1.70 bits per heavy atom. The second kappa shape index (κ2) is 10.4. The van der Waals surface area contributed by atoms with Crippen LogP contribution in [0.2, 0.25) is 0 Å². The number of fused-ring (bicyclic) bond motifs is 4. The molecule has 5 rings (SSSR count).